The van der Waals surface area contributed by atoms with E-state index >= 15 is 0 Å². The van der Waals surface area contributed by atoms with Gasteiger partial charge in [0, 0.05) is 15.5 Å². The molecule has 0 radical (unpaired) electrons. The van der Waals surface area contributed by atoms with Crippen LogP contribution in [-0.2, 0) is 0 Å². The fourth-order valence-corrected chi connectivity index (χ4v) is 5.22. The third-order valence-corrected chi connectivity index (χ3v) is 6.74. The third kappa shape index (κ3) is 4.86. The van der Waals surface area contributed by atoms with Gasteiger partial charge >= 0.3 is 0 Å². The van der Waals surface area contributed by atoms with Crippen molar-refractivity contribution in [3.63, 3.8) is 0 Å². The molecule has 1 aliphatic heterocycles. The molecule has 1 aliphatic rings. The fraction of sp³-hybridized carbons (Fsp3) is 0.208. The summed E-state index contributed by atoms with van der Waals surface area (Å²) in [5, 5.41) is 1.02. The van der Waals surface area contributed by atoms with Gasteiger partial charge in [-0.3, -0.25) is 4.90 Å². The Balaban J connectivity index is 1.74. The summed E-state index contributed by atoms with van der Waals surface area (Å²) >= 11 is 3.66. The van der Waals surface area contributed by atoms with Crippen LogP contribution >= 0.6 is 23.5 Å². The van der Waals surface area contributed by atoms with E-state index in [1.807, 2.05) is 41.7 Å². The lowest BCUT2D eigenvalue weighted by Crippen LogP contribution is -2.26. The SMILES string of the molecule is CN(C)CCCSC(=Nc1ccccc1)N1c2ccccc2Sc2ccccc21. The van der Waals surface area contributed by atoms with E-state index in [-0.39, 0.29) is 0 Å². The molecule has 0 fully saturated rings. The van der Waals surface area contributed by atoms with Crippen molar-refractivity contribution >= 4 is 45.8 Å². The van der Waals surface area contributed by atoms with Crippen molar-refractivity contribution in [3.05, 3.63) is 78.9 Å². The first-order chi connectivity index (χ1) is 14.2. The van der Waals surface area contributed by atoms with E-state index in [0.29, 0.717) is 0 Å². The van der Waals surface area contributed by atoms with Crippen LogP contribution in [0.4, 0.5) is 17.1 Å². The first-order valence-electron chi connectivity index (χ1n) is 9.80. The van der Waals surface area contributed by atoms with Crippen molar-refractivity contribution in [2.24, 2.45) is 4.99 Å². The first kappa shape index (κ1) is 20.1. The molecule has 29 heavy (non-hydrogen) atoms. The second-order valence-electron chi connectivity index (χ2n) is 7.11. The molecule has 0 unspecified atom stereocenters. The number of thioether (sulfide) groups is 1. The van der Waals surface area contributed by atoms with Crippen LogP contribution in [0.25, 0.3) is 0 Å². The van der Waals surface area contributed by atoms with Crippen molar-refractivity contribution in [1.82, 2.24) is 4.90 Å². The standard InChI is InChI=1S/C24H25N3S2/c1-26(2)17-10-18-28-24(25-19-11-4-3-5-12-19)27-20-13-6-8-15-22(20)29-23-16-9-7-14-21(23)27/h3-9,11-16H,10,17-18H2,1-2H3. The van der Waals surface area contributed by atoms with Gasteiger partial charge in [-0.15, -0.1) is 0 Å². The van der Waals surface area contributed by atoms with Crippen molar-refractivity contribution in [2.75, 3.05) is 31.3 Å². The van der Waals surface area contributed by atoms with Crippen molar-refractivity contribution in [2.45, 2.75) is 16.2 Å². The molecule has 0 amide bonds. The van der Waals surface area contributed by atoms with Crippen LogP contribution < -0.4 is 4.90 Å². The number of fused-ring (bicyclic) bond motifs is 2. The Morgan fingerprint density at radius 2 is 1.45 bits per heavy atom. The summed E-state index contributed by atoms with van der Waals surface area (Å²) in [5.41, 5.74) is 3.38. The van der Waals surface area contributed by atoms with E-state index in [1.165, 1.54) is 21.2 Å². The maximum absolute atomic E-state index is 5.08. The minimum Gasteiger partial charge on any atom is -0.309 e. The second-order valence-corrected chi connectivity index (χ2v) is 9.25. The Hall–Kier alpha value is -2.21. The van der Waals surface area contributed by atoms with Crippen molar-refractivity contribution in [3.8, 4) is 0 Å². The zero-order valence-corrected chi connectivity index (χ0v) is 18.4. The summed E-state index contributed by atoms with van der Waals surface area (Å²) in [7, 11) is 4.25. The molecule has 0 atom stereocenters. The lowest BCUT2D eigenvalue weighted by Gasteiger charge is -2.33. The highest BCUT2D eigenvalue weighted by Gasteiger charge is 2.26. The number of benzene rings is 3. The molecule has 0 aromatic heterocycles. The number of aliphatic imine (C=N–C) groups is 1. The van der Waals surface area contributed by atoms with Gasteiger partial charge in [0.25, 0.3) is 0 Å². The van der Waals surface area contributed by atoms with Gasteiger partial charge in [0.15, 0.2) is 5.17 Å². The Kier molecular flexibility index (Phi) is 6.60. The monoisotopic (exact) mass is 419 g/mol. The van der Waals surface area contributed by atoms with E-state index in [9.17, 15) is 0 Å². The Labute approximate surface area is 181 Å². The van der Waals surface area contributed by atoms with Crippen LogP contribution in [0.3, 0.4) is 0 Å². The lowest BCUT2D eigenvalue weighted by molar-refractivity contribution is 0.410. The molecular weight excluding hydrogens is 394 g/mol. The normalized spacial score (nSPS) is 13.3. The first-order valence-corrected chi connectivity index (χ1v) is 11.6. The number of para-hydroxylation sites is 3. The molecule has 5 heteroatoms. The number of hydrogen-bond acceptors (Lipinski definition) is 4. The van der Waals surface area contributed by atoms with Gasteiger partial charge < -0.3 is 4.90 Å². The molecule has 3 nitrogen and oxygen atoms in total. The zero-order valence-electron chi connectivity index (χ0n) is 16.8. The third-order valence-electron chi connectivity index (χ3n) is 4.59. The Bertz CT molecular complexity index is 941. The number of amidine groups is 1. The minimum atomic E-state index is 0.982. The van der Waals surface area contributed by atoms with E-state index in [2.05, 4.69) is 84.6 Å². The molecular formula is C24H25N3S2. The fourth-order valence-electron chi connectivity index (χ4n) is 3.21. The highest BCUT2D eigenvalue weighted by molar-refractivity contribution is 8.14. The summed E-state index contributed by atoms with van der Waals surface area (Å²) in [6, 6.07) is 27.5. The molecule has 148 valence electrons. The van der Waals surface area contributed by atoms with Gasteiger partial charge in [0.05, 0.1) is 17.1 Å². The van der Waals surface area contributed by atoms with Crippen LogP contribution in [-0.4, -0.2) is 36.5 Å². The number of nitrogens with zero attached hydrogens (tertiary/aromatic N) is 3. The van der Waals surface area contributed by atoms with Crippen LogP contribution in [0.1, 0.15) is 6.42 Å². The van der Waals surface area contributed by atoms with Gasteiger partial charge in [-0.05, 0) is 63.5 Å². The molecule has 3 aromatic carbocycles. The van der Waals surface area contributed by atoms with Crippen LogP contribution in [0, 0.1) is 0 Å². The molecule has 0 spiro atoms. The molecule has 0 bridgehead atoms. The molecule has 0 N–H and O–H groups in total. The van der Waals surface area contributed by atoms with Crippen LogP contribution in [0.2, 0.25) is 0 Å². The molecule has 0 aliphatic carbocycles. The summed E-state index contributed by atoms with van der Waals surface area (Å²) < 4.78 is 0. The molecule has 0 saturated heterocycles. The Morgan fingerprint density at radius 3 is 2.07 bits per heavy atom. The van der Waals surface area contributed by atoms with E-state index < -0.39 is 0 Å². The average Bonchev–Trinajstić information content (AvgIpc) is 2.75. The van der Waals surface area contributed by atoms with Crippen molar-refractivity contribution in [1.29, 1.82) is 0 Å². The summed E-state index contributed by atoms with van der Waals surface area (Å²) in [6.07, 6.45) is 1.12. The largest absolute Gasteiger partial charge is 0.309 e. The molecule has 1 heterocycles. The van der Waals surface area contributed by atoms with Gasteiger partial charge in [-0.1, -0.05) is 66.0 Å². The predicted molar refractivity (Wildman–Crippen MR) is 128 cm³/mol. The summed E-state index contributed by atoms with van der Waals surface area (Å²) in [6.45, 7) is 1.08. The molecule has 4 rings (SSSR count). The van der Waals surface area contributed by atoms with Gasteiger partial charge in [0.1, 0.15) is 0 Å². The highest BCUT2D eigenvalue weighted by Crippen LogP contribution is 2.49. The predicted octanol–water partition coefficient (Wildman–Crippen LogP) is 6.66. The average molecular weight is 420 g/mol. The van der Waals surface area contributed by atoms with Crippen molar-refractivity contribution < 1.29 is 0 Å². The van der Waals surface area contributed by atoms with Gasteiger partial charge in [0.2, 0.25) is 0 Å². The van der Waals surface area contributed by atoms with Gasteiger partial charge in [-0.25, -0.2) is 4.99 Å². The quantitative estimate of drug-likeness (QED) is 0.261. The summed E-state index contributed by atoms with van der Waals surface area (Å²) in [4.78, 5) is 12.2. The highest BCUT2D eigenvalue weighted by atomic mass is 32.2. The number of hydrogen-bond donors (Lipinski definition) is 0. The zero-order chi connectivity index (χ0) is 20.1. The second kappa shape index (κ2) is 9.53. The molecule has 3 aromatic rings. The molecule has 0 saturated carbocycles. The number of anilines is 2. The maximum Gasteiger partial charge on any atom is 0.173 e. The van der Waals surface area contributed by atoms with Gasteiger partial charge in [-0.2, -0.15) is 0 Å². The minimum absolute atomic E-state index is 0.982. The van der Waals surface area contributed by atoms with Crippen LogP contribution in [0.5, 0.6) is 0 Å². The topological polar surface area (TPSA) is 18.8 Å². The van der Waals surface area contributed by atoms with Crippen LogP contribution in [0.15, 0.2) is 93.6 Å². The summed E-state index contributed by atoms with van der Waals surface area (Å²) in [5.74, 6) is 1.03. The Morgan fingerprint density at radius 1 is 0.862 bits per heavy atom. The maximum atomic E-state index is 5.08. The smallest absolute Gasteiger partial charge is 0.173 e. The van der Waals surface area contributed by atoms with E-state index in [4.69, 9.17) is 4.99 Å². The lowest BCUT2D eigenvalue weighted by atomic mass is 10.2. The van der Waals surface area contributed by atoms with E-state index in [0.717, 1.165) is 29.6 Å². The number of rotatable bonds is 5. The van der Waals surface area contributed by atoms with E-state index in [1.54, 1.807) is 0 Å².